The third-order valence-electron chi connectivity index (χ3n) is 2.37. The molecule has 0 radical (unpaired) electrons. The Hall–Kier alpha value is -2.03. The highest BCUT2D eigenvalue weighted by molar-refractivity contribution is 5.71. The number of phenolic OH excluding ortho intramolecular Hbond substituents is 1. The number of aromatic hydroxyl groups is 1. The highest BCUT2D eigenvalue weighted by Crippen LogP contribution is 2.32. The molecule has 0 fully saturated rings. The Morgan fingerprint density at radius 3 is 2.50 bits per heavy atom. The fraction of sp³-hybridized carbons (Fsp3) is 0.0769. The Bertz CT molecular complexity index is 509. The summed E-state index contributed by atoms with van der Waals surface area (Å²) in [4.78, 5) is 0. The highest BCUT2D eigenvalue weighted by atomic mass is 19.1. The average Bonchev–Trinajstić information content (AvgIpc) is 2.31. The van der Waals surface area contributed by atoms with Crippen molar-refractivity contribution in [2.45, 2.75) is 0 Å². The van der Waals surface area contributed by atoms with Crippen LogP contribution < -0.4 is 4.74 Å². The van der Waals surface area contributed by atoms with E-state index >= 15 is 0 Å². The van der Waals surface area contributed by atoms with Crippen molar-refractivity contribution in [2.75, 3.05) is 7.11 Å². The van der Waals surface area contributed by atoms with Gasteiger partial charge in [0, 0.05) is 11.1 Å². The zero-order valence-electron chi connectivity index (χ0n) is 8.77. The number of benzene rings is 2. The van der Waals surface area contributed by atoms with E-state index in [9.17, 15) is 9.50 Å². The molecule has 2 aromatic rings. The van der Waals surface area contributed by atoms with E-state index in [1.807, 2.05) is 0 Å². The lowest BCUT2D eigenvalue weighted by atomic mass is 10.0. The van der Waals surface area contributed by atoms with Crippen LogP contribution in [0, 0.1) is 5.82 Å². The van der Waals surface area contributed by atoms with Gasteiger partial charge < -0.3 is 9.84 Å². The molecule has 0 saturated heterocycles. The Morgan fingerprint density at radius 2 is 1.81 bits per heavy atom. The lowest BCUT2D eigenvalue weighted by molar-refractivity contribution is 0.414. The molecule has 2 aromatic carbocycles. The molecule has 3 heteroatoms. The number of hydrogen-bond acceptors (Lipinski definition) is 2. The van der Waals surface area contributed by atoms with Crippen molar-refractivity contribution < 1.29 is 14.2 Å². The quantitative estimate of drug-likeness (QED) is 0.838. The highest BCUT2D eigenvalue weighted by Gasteiger charge is 2.09. The van der Waals surface area contributed by atoms with Crippen molar-refractivity contribution >= 4 is 0 Å². The molecule has 0 unspecified atom stereocenters. The lowest BCUT2D eigenvalue weighted by Gasteiger charge is -2.07. The summed E-state index contributed by atoms with van der Waals surface area (Å²) in [6.45, 7) is 0. The van der Waals surface area contributed by atoms with Gasteiger partial charge in [0.05, 0.1) is 7.11 Å². The normalized spacial score (nSPS) is 10.1. The van der Waals surface area contributed by atoms with E-state index in [2.05, 4.69) is 0 Å². The molecule has 0 atom stereocenters. The second-order valence-electron chi connectivity index (χ2n) is 3.36. The van der Waals surface area contributed by atoms with E-state index in [4.69, 9.17) is 4.74 Å². The summed E-state index contributed by atoms with van der Waals surface area (Å²) in [5.74, 6) is 0.219. The summed E-state index contributed by atoms with van der Waals surface area (Å²) >= 11 is 0. The summed E-state index contributed by atoms with van der Waals surface area (Å²) in [5, 5.41) is 9.64. The van der Waals surface area contributed by atoms with Gasteiger partial charge in [-0.25, -0.2) is 4.39 Å². The average molecular weight is 218 g/mol. The minimum Gasteiger partial charge on any atom is -0.507 e. The van der Waals surface area contributed by atoms with E-state index in [-0.39, 0.29) is 11.6 Å². The molecule has 0 aliphatic rings. The third kappa shape index (κ3) is 1.84. The van der Waals surface area contributed by atoms with Crippen LogP contribution in [0.2, 0.25) is 0 Å². The van der Waals surface area contributed by atoms with Crippen molar-refractivity contribution in [3.05, 3.63) is 48.3 Å². The van der Waals surface area contributed by atoms with E-state index in [1.54, 1.807) is 30.3 Å². The first-order valence-electron chi connectivity index (χ1n) is 4.84. The molecule has 0 amide bonds. The predicted octanol–water partition coefficient (Wildman–Crippen LogP) is 3.21. The molecule has 0 bridgehead atoms. The number of rotatable bonds is 2. The van der Waals surface area contributed by atoms with Gasteiger partial charge in [0.2, 0.25) is 0 Å². The topological polar surface area (TPSA) is 29.5 Å². The van der Waals surface area contributed by atoms with Gasteiger partial charge in [-0.05, 0) is 24.3 Å². The zero-order valence-corrected chi connectivity index (χ0v) is 8.77. The van der Waals surface area contributed by atoms with Gasteiger partial charge in [0.1, 0.15) is 17.3 Å². The van der Waals surface area contributed by atoms with E-state index in [1.165, 1.54) is 19.2 Å². The molecule has 0 aromatic heterocycles. The Labute approximate surface area is 92.9 Å². The van der Waals surface area contributed by atoms with Crippen LogP contribution in [-0.2, 0) is 0 Å². The van der Waals surface area contributed by atoms with Crippen molar-refractivity contribution in [1.82, 2.24) is 0 Å². The summed E-state index contributed by atoms with van der Waals surface area (Å²) in [7, 11) is 1.52. The second kappa shape index (κ2) is 4.23. The van der Waals surface area contributed by atoms with Crippen LogP contribution in [0.4, 0.5) is 4.39 Å². The molecule has 2 nitrogen and oxygen atoms in total. The zero-order chi connectivity index (χ0) is 11.5. The Balaban J connectivity index is 2.59. The van der Waals surface area contributed by atoms with Crippen LogP contribution in [0.25, 0.3) is 11.1 Å². The maximum Gasteiger partial charge on any atom is 0.131 e. The molecule has 2 rings (SSSR count). The van der Waals surface area contributed by atoms with Gasteiger partial charge in [0.25, 0.3) is 0 Å². The first-order chi connectivity index (χ1) is 7.72. The number of hydrogen-bond donors (Lipinski definition) is 1. The number of halogens is 1. The second-order valence-corrected chi connectivity index (χ2v) is 3.36. The Kier molecular flexibility index (Phi) is 2.77. The van der Waals surface area contributed by atoms with Gasteiger partial charge >= 0.3 is 0 Å². The fourth-order valence-electron chi connectivity index (χ4n) is 1.54. The molecular weight excluding hydrogens is 207 g/mol. The van der Waals surface area contributed by atoms with Crippen LogP contribution in [0.5, 0.6) is 11.5 Å². The number of ether oxygens (including phenoxy) is 1. The summed E-state index contributed by atoms with van der Waals surface area (Å²) in [6.07, 6.45) is 0. The van der Waals surface area contributed by atoms with Crippen LogP contribution in [-0.4, -0.2) is 12.2 Å². The number of methoxy groups -OCH3 is 1. The number of para-hydroxylation sites is 1. The molecule has 82 valence electrons. The molecule has 0 spiro atoms. The van der Waals surface area contributed by atoms with Gasteiger partial charge in [-0.3, -0.25) is 0 Å². The summed E-state index contributed by atoms with van der Waals surface area (Å²) < 4.78 is 18.6. The smallest absolute Gasteiger partial charge is 0.131 e. The van der Waals surface area contributed by atoms with E-state index in [0.717, 1.165) is 0 Å². The van der Waals surface area contributed by atoms with E-state index < -0.39 is 0 Å². The monoisotopic (exact) mass is 218 g/mol. The van der Waals surface area contributed by atoms with Crippen LogP contribution >= 0.6 is 0 Å². The maximum atomic E-state index is 13.6. The van der Waals surface area contributed by atoms with Gasteiger partial charge in [-0.2, -0.15) is 0 Å². The standard InChI is InChI=1S/C13H11FO2/c1-16-9-6-7-12(14)11(8-9)10-4-2-3-5-13(10)15/h2-8,15H,1H3. The molecule has 16 heavy (non-hydrogen) atoms. The van der Waals surface area contributed by atoms with Crippen molar-refractivity contribution in [2.24, 2.45) is 0 Å². The van der Waals surface area contributed by atoms with Gasteiger partial charge in [0.15, 0.2) is 0 Å². The predicted molar refractivity (Wildman–Crippen MR) is 60.1 cm³/mol. The van der Waals surface area contributed by atoms with Gasteiger partial charge in [-0.1, -0.05) is 18.2 Å². The van der Waals surface area contributed by atoms with E-state index in [0.29, 0.717) is 16.9 Å². The largest absolute Gasteiger partial charge is 0.507 e. The SMILES string of the molecule is COc1ccc(F)c(-c2ccccc2O)c1. The first-order valence-corrected chi connectivity index (χ1v) is 4.84. The minimum absolute atomic E-state index is 0.0506. The van der Waals surface area contributed by atoms with Crippen LogP contribution in [0.1, 0.15) is 0 Å². The summed E-state index contributed by atoms with van der Waals surface area (Å²) in [6, 6.07) is 11.0. The van der Waals surface area contributed by atoms with Crippen LogP contribution in [0.15, 0.2) is 42.5 Å². The summed E-state index contributed by atoms with van der Waals surface area (Å²) in [5.41, 5.74) is 0.788. The molecule has 0 heterocycles. The molecule has 0 aliphatic heterocycles. The minimum atomic E-state index is -0.387. The van der Waals surface area contributed by atoms with Crippen molar-refractivity contribution in [1.29, 1.82) is 0 Å². The molecular formula is C13H11FO2. The lowest BCUT2D eigenvalue weighted by Crippen LogP contribution is -1.88. The molecule has 0 aliphatic carbocycles. The molecule has 1 N–H and O–H groups in total. The van der Waals surface area contributed by atoms with Gasteiger partial charge in [-0.15, -0.1) is 0 Å². The number of phenols is 1. The third-order valence-corrected chi connectivity index (χ3v) is 2.37. The van der Waals surface area contributed by atoms with Crippen molar-refractivity contribution in [3.63, 3.8) is 0 Å². The van der Waals surface area contributed by atoms with Crippen LogP contribution in [0.3, 0.4) is 0 Å². The fourth-order valence-corrected chi connectivity index (χ4v) is 1.54. The first kappa shape index (κ1) is 10.5. The maximum absolute atomic E-state index is 13.6. The Morgan fingerprint density at radius 1 is 1.06 bits per heavy atom. The molecule has 0 saturated carbocycles. The van der Waals surface area contributed by atoms with Crippen molar-refractivity contribution in [3.8, 4) is 22.6 Å².